The van der Waals surface area contributed by atoms with Gasteiger partial charge in [-0.2, -0.15) is 18.4 Å². The Morgan fingerprint density at radius 3 is 2.43 bits per heavy atom. The van der Waals surface area contributed by atoms with Crippen molar-refractivity contribution < 1.29 is 27.9 Å². The highest BCUT2D eigenvalue weighted by atomic mass is 19.4. The minimum absolute atomic E-state index is 0.0637. The number of nitrogens with zero attached hydrogens (tertiary/aromatic N) is 4. The molecule has 1 unspecified atom stereocenters. The molecule has 1 aromatic heterocycles. The highest BCUT2D eigenvalue weighted by molar-refractivity contribution is 6.02. The summed E-state index contributed by atoms with van der Waals surface area (Å²) < 4.78 is 39.6. The zero-order valence-corrected chi connectivity index (χ0v) is 20.0. The molecule has 1 heterocycles. The van der Waals surface area contributed by atoms with Gasteiger partial charge in [0.15, 0.2) is 0 Å². The fraction of sp³-hybridized carbons (Fsp3) is 0.480. The summed E-state index contributed by atoms with van der Waals surface area (Å²) in [6.07, 6.45) is 2.01. The molecule has 0 saturated heterocycles. The number of rotatable bonds is 8. The van der Waals surface area contributed by atoms with E-state index in [4.69, 9.17) is 5.26 Å². The SMILES string of the molecule is N#Cc1ncc(NC(=O)Nc2cc(C3C[C@H]3C(=O)O)ccc2N(CCC(F)(F)F)C2CCCCC2)cn1. The van der Waals surface area contributed by atoms with Crippen LogP contribution in [0.4, 0.5) is 35.0 Å². The number of carbonyl (C=O) groups is 2. The molecule has 2 saturated carbocycles. The van der Waals surface area contributed by atoms with Gasteiger partial charge < -0.3 is 20.6 Å². The van der Waals surface area contributed by atoms with Crippen LogP contribution in [0.15, 0.2) is 30.6 Å². The molecule has 0 radical (unpaired) electrons. The summed E-state index contributed by atoms with van der Waals surface area (Å²) in [5.41, 5.74) is 1.68. The number of aliphatic carboxylic acids is 1. The third-order valence-electron chi connectivity index (χ3n) is 6.78. The van der Waals surface area contributed by atoms with Gasteiger partial charge in [-0.05, 0) is 42.9 Å². The van der Waals surface area contributed by atoms with E-state index in [9.17, 15) is 27.9 Å². The van der Waals surface area contributed by atoms with Crippen LogP contribution < -0.4 is 15.5 Å². The second-order valence-electron chi connectivity index (χ2n) is 9.40. The summed E-state index contributed by atoms with van der Waals surface area (Å²) in [4.78, 5) is 33.5. The Kier molecular flexibility index (Phi) is 7.80. The molecule has 2 fully saturated rings. The predicted octanol–water partition coefficient (Wildman–Crippen LogP) is 5.27. The van der Waals surface area contributed by atoms with E-state index >= 15 is 0 Å². The fourth-order valence-corrected chi connectivity index (χ4v) is 4.85. The molecule has 2 atom stereocenters. The summed E-state index contributed by atoms with van der Waals surface area (Å²) >= 11 is 0. The van der Waals surface area contributed by atoms with Crippen LogP contribution in [0.5, 0.6) is 0 Å². The third kappa shape index (κ3) is 6.87. The average molecular weight is 517 g/mol. The van der Waals surface area contributed by atoms with Crippen molar-refractivity contribution in [3.63, 3.8) is 0 Å². The number of urea groups is 1. The molecule has 3 N–H and O–H groups in total. The molecule has 2 aliphatic rings. The number of halogens is 3. The van der Waals surface area contributed by atoms with E-state index < -0.39 is 30.5 Å². The lowest BCUT2D eigenvalue weighted by Crippen LogP contribution is -2.39. The smallest absolute Gasteiger partial charge is 0.390 e. The lowest BCUT2D eigenvalue weighted by atomic mass is 9.93. The topological polar surface area (TPSA) is 131 Å². The fourth-order valence-electron chi connectivity index (χ4n) is 4.85. The molecular formula is C25H27F3N6O3. The molecule has 2 amide bonds. The van der Waals surface area contributed by atoms with Gasteiger partial charge in [0.05, 0.1) is 41.8 Å². The molecule has 2 aliphatic carbocycles. The van der Waals surface area contributed by atoms with Crippen molar-refractivity contribution in [3.05, 3.63) is 42.0 Å². The van der Waals surface area contributed by atoms with Gasteiger partial charge in [-0.15, -0.1) is 0 Å². The van der Waals surface area contributed by atoms with Gasteiger partial charge in [0.1, 0.15) is 6.07 Å². The van der Waals surface area contributed by atoms with E-state index in [2.05, 4.69) is 20.6 Å². The van der Waals surface area contributed by atoms with Crippen molar-refractivity contribution >= 4 is 29.1 Å². The van der Waals surface area contributed by atoms with Crippen molar-refractivity contribution in [2.24, 2.45) is 5.92 Å². The van der Waals surface area contributed by atoms with Crippen LogP contribution in [0.1, 0.15) is 62.3 Å². The van der Waals surface area contributed by atoms with Crippen molar-refractivity contribution in [1.29, 1.82) is 5.26 Å². The number of nitriles is 1. The normalized spacial score (nSPS) is 19.5. The lowest BCUT2D eigenvalue weighted by Gasteiger charge is -2.37. The number of aromatic nitrogens is 2. The third-order valence-corrected chi connectivity index (χ3v) is 6.78. The number of hydrogen-bond acceptors (Lipinski definition) is 6. The maximum absolute atomic E-state index is 13.2. The van der Waals surface area contributed by atoms with Crippen LogP contribution in [0.25, 0.3) is 0 Å². The van der Waals surface area contributed by atoms with Crippen LogP contribution >= 0.6 is 0 Å². The van der Waals surface area contributed by atoms with Gasteiger partial charge in [-0.1, -0.05) is 25.3 Å². The van der Waals surface area contributed by atoms with E-state index in [1.165, 1.54) is 12.4 Å². The molecule has 2 aromatic rings. The van der Waals surface area contributed by atoms with Gasteiger partial charge in [-0.25, -0.2) is 14.8 Å². The lowest BCUT2D eigenvalue weighted by molar-refractivity contribution is -0.138. The summed E-state index contributed by atoms with van der Waals surface area (Å²) in [6.45, 7) is -0.256. The average Bonchev–Trinajstić information content (AvgIpc) is 3.67. The number of carboxylic acid groups (broad SMARTS) is 1. The van der Waals surface area contributed by atoms with Crippen LogP contribution in [0.3, 0.4) is 0 Å². The number of benzene rings is 1. The van der Waals surface area contributed by atoms with Gasteiger partial charge in [0, 0.05) is 12.6 Å². The second kappa shape index (κ2) is 11.0. The minimum atomic E-state index is -4.34. The second-order valence-corrected chi connectivity index (χ2v) is 9.40. The molecular weight excluding hydrogens is 489 g/mol. The maximum Gasteiger partial charge on any atom is 0.390 e. The first kappa shape index (κ1) is 26.2. The molecule has 37 heavy (non-hydrogen) atoms. The molecule has 4 rings (SSSR count). The molecule has 9 nitrogen and oxygen atoms in total. The standard InChI is InChI=1S/C25H27F3N6O3/c26-25(27,28)8-9-34(17-4-2-1-3-5-17)21-7-6-15(18-11-19(18)23(35)36)10-20(21)33-24(37)32-16-13-30-22(12-29)31-14-16/h6-7,10,13-14,17-19H,1-5,8-9,11H2,(H,35,36)(H2,32,33,37)/t18?,19-/m1/s1. The highest BCUT2D eigenvalue weighted by Gasteiger charge is 2.44. The van der Waals surface area contributed by atoms with Crippen molar-refractivity contribution in [3.8, 4) is 6.07 Å². The molecule has 1 aromatic carbocycles. The van der Waals surface area contributed by atoms with Gasteiger partial charge in [0.25, 0.3) is 0 Å². The zero-order valence-electron chi connectivity index (χ0n) is 20.0. The summed E-state index contributed by atoms with van der Waals surface area (Å²) in [6, 6.07) is 6.07. The quantitative estimate of drug-likeness (QED) is 0.435. The van der Waals surface area contributed by atoms with Crippen molar-refractivity contribution in [2.45, 2.75) is 63.1 Å². The first-order chi connectivity index (χ1) is 17.6. The predicted molar refractivity (Wildman–Crippen MR) is 129 cm³/mol. The number of amides is 2. The van der Waals surface area contributed by atoms with Crippen LogP contribution in [0, 0.1) is 17.2 Å². The minimum Gasteiger partial charge on any atom is -0.481 e. The van der Waals surface area contributed by atoms with E-state index in [1.807, 2.05) is 0 Å². The van der Waals surface area contributed by atoms with E-state index in [0.29, 0.717) is 23.4 Å². The zero-order chi connectivity index (χ0) is 26.6. The van der Waals surface area contributed by atoms with E-state index in [0.717, 1.165) is 32.1 Å². The van der Waals surface area contributed by atoms with Crippen LogP contribution in [0.2, 0.25) is 0 Å². The van der Waals surface area contributed by atoms with Crippen LogP contribution in [-0.2, 0) is 4.79 Å². The number of carboxylic acids is 1. The molecule has 0 bridgehead atoms. The van der Waals surface area contributed by atoms with Gasteiger partial charge >= 0.3 is 18.2 Å². The summed E-state index contributed by atoms with van der Waals surface area (Å²) in [5.74, 6) is -1.72. The van der Waals surface area contributed by atoms with Gasteiger partial charge in [-0.3, -0.25) is 4.79 Å². The first-order valence-electron chi connectivity index (χ1n) is 12.1. The van der Waals surface area contributed by atoms with Gasteiger partial charge in [0.2, 0.25) is 5.82 Å². The van der Waals surface area contributed by atoms with E-state index in [-0.39, 0.29) is 30.0 Å². The summed E-state index contributed by atoms with van der Waals surface area (Å²) in [7, 11) is 0. The number of hydrogen-bond donors (Lipinski definition) is 3. The molecule has 0 spiro atoms. The molecule has 12 heteroatoms. The monoisotopic (exact) mass is 516 g/mol. The Morgan fingerprint density at radius 1 is 1.14 bits per heavy atom. The number of alkyl halides is 3. The Labute approximate surface area is 211 Å². The molecule has 196 valence electrons. The number of nitrogens with one attached hydrogen (secondary N) is 2. The van der Waals surface area contributed by atoms with Crippen molar-refractivity contribution in [1.82, 2.24) is 9.97 Å². The highest BCUT2D eigenvalue weighted by Crippen LogP contribution is 2.49. The van der Waals surface area contributed by atoms with Crippen LogP contribution in [-0.4, -0.2) is 45.8 Å². The first-order valence-corrected chi connectivity index (χ1v) is 12.1. The molecule has 0 aliphatic heterocycles. The van der Waals surface area contributed by atoms with E-state index in [1.54, 1.807) is 29.2 Å². The van der Waals surface area contributed by atoms with Crippen molar-refractivity contribution in [2.75, 3.05) is 22.1 Å². The number of anilines is 3. The Morgan fingerprint density at radius 2 is 1.84 bits per heavy atom. The Bertz CT molecular complexity index is 1180. The Hall–Kier alpha value is -3.88. The maximum atomic E-state index is 13.2. The largest absolute Gasteiger partial charge is 0.481 e. The number of carbonyl (C=O) groups excluding carboxylic acids is 1. The summed E-state index contributed by atoms with van der Waals surface area (Å²) in [5, 5.41) is 23.5. The Balaban J connectivity index is 1.63.